The van der Waals surface area contributed by atoms with Crippen molar-refractivity contribution in [3.63, 3.8) is 0 Å². The highest BCUT2D eigenvalue weighted by Gasteiger charge is 2.23. The Kier molecular flexibility index (Phi) is 7.50. The zero-order valence-electron chi connectivity index (χ0n) is 16.2. The molecule has 3 rings (SSSR count). The lowest BCUT2D eigenvalue weighted by atomic mass is 9.86. The Morgan fingerprint density at radius 3 is 2.71 bits per heavy atom. The van der Waals surface area contributed by atoms with Crippen LogP contribution in [0.15, 0.2) is 24.3 Å². The van der Waals surface area contributed by atoms with Crippen LogP contribution in [0.2, 0.25) is 0 Å². The van der Waals surface area contributed by atoms with Crippen LogP contribution >= 0.6 is 12.4 Å². The predicted molar refractivity (Wildman–Crippen MR) is 113 cm³/mol. The van der Waals surface area contributed by atoms with Crippen LogP contribution in [0.4, 0.5) is 5.82 Å². The molecule has 0 amide bonds. The molecule has 0 spiro atoms. The number of halogens is 1. The zero-order valence-corrected chi connectivity index (χ0v) is 17.1. The van der Waals surface area contributed by atoms with Gasteiger partial charge in [-0.05, 0) is 61.5 Å². The highest BCUT2D eigenvalue weighted by Crippen LogP contribution is 2.40. The molecule has 0 radical (unpaired) electrons. The third-order valence-electron chi connectivity index (χ3n) is 4.80. The lowest BCUT2D eigenvalue weighted by molar-refractivity contribution is 0.271. The molecule has 6 nitrogen and oxygen atoms in total. The molecular weight excluding hydrogens is 376 g/mol. The van der Waals surface area contributed by atoms with Gasteiger partial charge in [0.25, 0.3) is 0 Å². The number of nitrogens with one attached hydrogen (secondary N) is 1. The quantitative estimate of drug-likeness (QED) is 0.702. The third kappa shape index (κ3) is 4.67. The highest BCUT2D eigenvalue weighted by molar-refractivity contribution is 5.85. The first-order chi connectivity index (χ1) is 13.0. The number of aromatic hydroxyl groups is 1. The fraction of sp³-hybridized carbons (Fsp3) is 0.429. The molecule has 0 bridgehead atoms. The van der Waals surface area contributed by atoms with Gasteiger partial charge >= 0.3 is 0 Å². The number of nitriles is 1. The summed E-state index contributed by atoms with van der Waals surface area (Å²) in [6.07, 6.45) is 1.88. The summed E-state index contributed by atoms with van der Waals surface area (Å²) < 4.78 is 5.90. The van der Waals surface area contributed by atoms with E-state index >= 15 is 0 Å². The second kappa shape index (κ2) is 9.63. The second-order valence-corrected chi connectivity index (χ2v) is 7.35. The number of pyridine rings is 1. The normalized spacial score (nSPS) is 14.4. The molecule has 28 heavy (non-hydrogen) atoms. The number of anilines is 1. The summed E-state index contributed by atoms with van der Waals surface area (Å²) in [6, 6.07) is 9.27. The molecule has 1 aliphatic heterocycles. The fourth-order valence-electron chi connectivity index (χ4n) is 3.44. The molecule has 7 heteroatoms. The Labute approximate surface area is 172 Å². The van der Waals surface area contributed by atoms with Gasteiger partial charge in [0.05, 0.1) is 23.4 Å². The minimum Gasteiger partial charge on any atom is -0.507 e. The van der Waals surface area contributed by atoms with Gasteiger partial charge in [-0.1, -0.05) is 19.9 Å². The van der Waals surface area contributed by atoms with Crippen molar-refractivity contribution in [2.75, 3.05) is 25.4 Å². The van der Waals surface area contributed by atoms with E-state index in [1.54, 1.807) is 12.1 Å². The average Bonchev–Trinajstić information content (AvgIpc) is 2.66. The fourth-order valence-corrected chi connectivity index (χ4v) is 3.44. The highest BCUT2D eigenvalue weighted by atomic mass is 35.5. The summed E-state index contributed by atoms with van der Waals surface area (Å²) in [5, 5.41) is 23.4. The third-order valence-corrected chi connectivity index (χ3v) is 4.80. The maximum atomic E-state index is 10.5. The van der Waals surface area contributed by atoms with E-state index in [2.05, 4.69) is 30.2 Å². The summed E-state index contributed by atoms with van der Waals surface area (Å²) >= 11 is 0. The molecule has 0 aliphatic carbocycles. The monoisotopic (exact) mass is 402 g/mol. The number of rotatable bonds is 5. The Morgan fingerprint density at radius 2 is 2.07 bits per heavy atom. The van der Waals surface area contributed by atoms with Crippen molar-refractivity contribution in [3.8, 4) is 28.8 Å². The smallest absolute Gasteiger partial charge is 0.142 e. The Hall–Kier alpha value is -2.49. The number of aromatic nitrogens is 1. The van der Waals surface area contributed by atoms with Gasteiger partial charge in [0.15, 0.2) is 0 Å². The van der Waals surface area contributed by atoms with Crippen molar-refractivity contribution < 1.29 is 9.84 Å². The number of ether oxygens (including phenoxy) is 1. The lowest BCUT2D eigenvalue weighted by Crippen LogP contribution is -2.27. The number of benzene rings is 1. The van der Waals surface area contributed by atoms with Crippen molar-refractivity contribution in [2.45, 2.75) is 32.6 Å². The molecular formula is C21H27ClN4O2. The topological polar surface area (TPSA) is 104 Å². The van der Waals surface area contributed by atoms with Crippen molar-refractivity contribution in [1.82, 2.24) is 10.3 Å². The minimum atomic E-state index is 0. The molecule has 0 saturated carbocycles. The van der Waals surface area contributed by atoms with E-state index in [-0.39, 0.29) is 29.9 Å². The summed E-state index contributed by atoms with van der Waals surface area (Å²) in [4.78, 5) is 4.42. The summed E-state index contributed by atoms with van der Waals surface area (Å²) in [5.74, 6) is 1.45. The van der Waals surface area contributed by atoms with E-state index in [1.807, 2.05) is 12.1 Å². The van der Waals surface area contributed by atoms with E-state index < -0.39 is 0 Å². The number of nitrogen functional groups attached to an aromatic ring is 1. The Balaban J connectivity index is 0.00000280. The van der Waals surface area contributed by atoms with Crippen LogP contribution < -0.4 is 15.8 Å². The van der Waals surface area contributed by atoms with E-state index in [1.165, 1.54) is 0 Å². The molecule has 0 atom stereocenters. The summed E-state index contributed by atoms with van der Waals surface area (Å²) in [7, 11) is 0. The van der Waals surface area contributed by atoms with Crippen molar-refractivity contribution in [1.29, 1.82) is 5.26 Å². The van der Waals surface area contributed by atoms with Crippen molar-refractivity contribution >= 4 is 18.2 Å². The van der Waals surface area contributed by atoms with Crippen LogP contribution in [0, 0.1) is 17.2 Å². The van der Waals surface area contributed by atoms with Gasteiger partial charge in [0.1, 0.15) is 23.4 Å². The van der Waals surface area contributed by atoms with Gasteiger partial charge in [-0.15, -0.1) is 12.4 Å². The second-order valence-electron chi connectivity index (χ2n) is 7.35. The Bertz CT molecular complexity index is 858. The molecule has 2 aromatic rings. The van der Waals surface area contributed by atoms with E-state index in [0.717, 1.165) is 31.5 Å². The molecule has 150 valence electrons. The number of phenolic OH excluding ortho intramolecular Hbond substituents is 1. The molecule has 1 fully saturated rings. The first-order valence-electron chi connectivity index (χ1n) is 9.37. The number of phenols is 1. The first-order valence-corrected chi connectivity index (χ1v) is 9.37. The van der Waals surface area contributed by atoms with Gasteiger partial charge in [-0.2, -0.15) is 5.26 Å². The van der Waals surface area contributed by atoms with Crippen LogP contribution in [0.3, 0.4) is 0 Å². The minimum absolute atomic E-state index is 0. The number of hydrogen-bond donors (Lipinski definition) is 3. The summed E-state index contributed by atoms with van der Waals surface area (Å²) in [6.45, 7) is 6.48. The van der Waals surface area contributed by atoms with Crippen LogP contribution in [0.1, 0.15) is 43.7 Å². The van der Waals surface area contributed by atoms with E-state index in [4.69, 9.17) is 10.5 Å². The van der Waals surface area contributed by atoms with Crippen molar-refractivity contribution in [2.24, 2.45) is 5.92 Å². The van der Waals surface area contributed by atoms with Gasteiger partial charge in [-0.3, -0.25) is 0 Å². The van der Waals surface area contributed by atoms with Crippen LogP contribution in [0.5, 0.6) is 11.5 Å². The lowest BCUT2D eigenvalue weighted by Gasteiger charge is -2.25. The Morgan fingerprint density at radius 1 is 1.36 bits per heavy atom. The SMILES string of the molecule is CC(C)COc1cccc(O)c1-c1cc(C2CCNCC2)c(C#N)c(N)n1.Cl. The molecule has 1 aromatic carbocycles. The largest absolute Gasteiger partial charge is 0.507 e. The maximum Gasteiger partial charge on any atom is 0.142 e. The molecule has 1 aliphatic rings. The molecule has 0 unspecified atom stereocenters. The number of hydrogen-bond acceptors (Lipinski definition) is 6. The van der Waals surface area contributed by atoms with Gasteiger partial charge < -0.3 is 20.9 Å². The van der Waals surface area contributed by atoms with Crippen LogP contribution in [-0.2, 0) is 0 Å². The van der Waals surface area contributed by atoms with E-state index in [0.29, 0.717) is 35.1 Å². The van der Waals surface area contributed by atoms with Gasteiger partial charge in [-0.25, -0.2) is 4.98 Å². The number of piperidine rings is 1. The number of nitrogens with zero attached hydrogens (tertiary/aromatic N) is 2. The van der Waals surface area contributed by atoms with E-state index in [9.17, 15) is 10.4 Å². The summed E-state index contributed by atoms with van der Waals surface area (Å²) in [5.41, 5.74) is 8.52. The van der Waals surface area contributed by atoms with Crippen LogP contribution in [0.25, 0.3) is 11.3 Å². The van der Waals surface area contributed by atoms with Gasteiger partial charge in [0.2, 0.25) is 0 Å². The maximum absolute atomic E-state index is 10.5. The molecule has 4 N–H and O–H groups in total. The standard InChI is InChI=1S/C21H26N4O2.ClH/c1-13(2)12-27-19-5-3-4-18(26)20(19)17-10-15(14-6-8-24-9-7-14)16(11-22)21(23)25-17;/h3-5,10,13-14,24,26H,6-9,12H2,1-2H3,(H2,23,25);1H. The van der Waals surface area contributed by atoms with Gasteiger partial charge in [0, 0.05) is 0 Å². The van der Waals surface area contributed by atoms with Crippen LogP contribution in [-0.4, -0.2) is 29.8 Å². The molecule has 1 saturated heterocycles. The first kappa shape index (κ1) is 21.8. The average molecular weight is 403 g/mol. The molecule has 2 heterocycles. The van der Waals surface area contributed by atoms with Crippen molar-refractivity contribution in [3.05, 3.63) is 35.4 Å². The molecule has 1 aromatic heterocycles. The predicted octanol–water partition coefficient (Wildman–Crippen LogP) is 3.83. The zero-order chi connectivity index (χ0) is 19.4. The number of nitrogens with two attached hydrogens (primary N) is 1.